The molecule has 1 aliphatic heterocycles. The van der Waals surface area contributed by atoms with E-state index in [1.807, 2.05) is 0 Å². The maximum Gasteiger partial charge on any atom is 0.416 e. The van der Waals surface area contributed by atoms with Gasteiger partial charge in [0.2, 0.25) is 5.76 Å². The molecule has 0 saturated heterocycles. The first kappa shape index (κ1) is 10.9. The van der Waals surface area contributed by atoms with Gasteiger partial charge in [0.25, 0.3) is 0 Å². The molecule has 0 bridgehead atoms. The van der Waals surface area contributed by atoms with Crippen LogP contribution < -0.4 is 0 Å². The van der Waals surface area contributed by atoms with Crippen molar-refractivity contribution in [1.82, 2.24) is 0 Å². The number of esters is 1. The lowest BCUT2D eigenvalue weighted by atomic mass is 10.2. The van der Waals surface area contributed by atoms with Crippen molar-refractivity contribution in [3.05, 3.63) is 11.3 Å². The molecule has 0 aromatic heterocycles. The second-order valence-electron chi connectivity index (χ2n) is 2.62. The Morgan fingerprint density at radius 2 is 2.21 bits per heavy atom. The number of alkyl halides is 3. The van der Waals surface area contributed by atoms with Crippen LogP contribution in [0.4, 0.5) is 13.2 Å². The lowest BCUT2D eigenvalue weighted by Crippen LogP contribution is -2.16. The molecule has 1 aliphatic rings. The van der Waals surface area contributed by atoms with Gasteiger partial charge in [0.1, 0.15) is 0 Å². The van der Waals surface area contributed by atoms with E-state index in [2.05, 4.69) is 9.47 Å². The van der Waals surface area contributed by atoms with Crippen LogP contribution in [0.2, 0.25) is 0 Å². The zero-order valence-corrected chi connectivity index (χ0v) is 7.48. The molecule has 1 heterocycles. The smallest absolute Gasteiger partial charge is 0.416 e. The lowest BCUT2D eigenvalue weighted by Gasteiger charge is -2.08. The van der Waals surface area contributed by atoms with Crippen LogP contribution in [0.3, 0.4) is 0 Å². The van der Waals surface area contributed by atoms with Crippen molar-refractivity contribution < 1.29 is 27.4 Å². The number of halogens is 3. The number of hydrogen-bond donors (Lipinski definition) is 0. The minimum atomic E-state index is -4.52. The summed E-state index contributed by atoms with van der Waals surface area (Å²) in [5, 5.41) is 0. The molecule has 0 radical (unpaired) electrons. The molecule has 14 heavy (non-hydrogen) atoms. The summed E-state index contributed by atoms with van der Waals surface area (Å²) in [5.41, 5.74) is -0.934. The highest BCUT2D eigenvalue weighted by Crippen LogP contribution is 2.35. The molecular formula is C8H9F3O3. The Bertz CT molecular complexity index is 267. The van der Waals surface area contributed by atoms with Crippen LogP contribution in [0.15, 0.2) is 11.3 Å². The highest BCUT2D eigenvalue weighted by molar-refractivity contribution is 5.87. The molecule has 0 saturated carbocycles. The van der Waals surface area contributed by atoms with Gasteiger partial charge in [-0.15, -0.1) is 0 Å². The summed E-state index contributed by atoms with van der Waals surface area (Å²) in [7, 11) is 0. The van der Waals surface area contributed by atoms with E-state index in [0.29, 0.717) is 0 Å². The molecule has 0 amide bonds. The molecule has 0 fully saturated rings. The van der Waals surface area contributed by atoms with Gasteiger partial charge in [0.15, 0.2) is 0 Å². The molecule has 6 heteroatoms. The third kappa shape index (κ3) is 2.18. The monoisotopic (exact) mass is 210 g/mol. The van der Waals surface area contributed by atoms with E-state index in [1.165, 1.54) is 6.92 Å². The highest BCUT2D eigenvalue weighted by Gasteiger charge is 2.42. The lowest BCUT2D eigenvalue weighted by molar-refractivity contribution is -0.143. The Labute approximate surface area is 78.5 Å². The Hall–Kier alpha value is -1.20. The molecular weight excluding hydrogens is 201 g/mol. The molecule has 1 rings (SSSR count). The van der Waals surface area contributed by atoms with Crippen LogP contribution >= 0.6 is 0 Å². The van der Waals surface area contributed by atoms with Crippen LogP contribution in [0.5, 0.6) is 0 Å². The summed E-state index contributed by atoms with van der Waals surface area (Å²) in [5.74, 6) is -1.74. The van der Waals surface area contributed by atoms with Crippen molar-refractivity contribution in [2.75, 3.05) is 13.2 Å². The minimum Gasteiger partial charge on any atom is -0.486 e. The molecule has 0 aromatic carbocycles. The molecule has 0 N–H and O–H groups in total. The van der Waals surface area contributed by atoms with Gasteiger partial charge in [-0.25, -0.2) is 4.79 Å². The van der Waals surface area contributed by atoms with Crippen molar-refractivity contribution >= 4 is 5.97 Å². The van der Waals surface area contributed by atoms with Gasteiger partial charge in [0.05, 0.1) is 18.8 Å². The molecule has 0 unspecified atom stereocenters. The normalized spacial score (nSPS) is 16.9. The largest absolute Gasteiger partial charge is 0.486 e. The van der Waals surface area contributed by atoms with E-state index in [0.717, 1.165) is 0 Å². The van der Waals surface area contributed by atoms with Crippen molar-refractivity contribution in [2.45, 2.75) is 19.5 Å². The average Bonchev–Trinajstić information content (AvgIpc) is 2.50. The van der Waals surface area contributed by atoms with Gasteiger partial charge >= 0.3 is 12.1 Å². The Morgan fingerprint density at radius 1 is 1.57 bits per heavy atom. The van der Waals surface area contributed by atoms with E-state index in [4.69, 9.17) is 0 Å². The van der Waals surface area contributed by atoms with Crippen LogP contribution in [0.25, 0.3) is 0 Å². The summed E-state index contributed by atoms with van der Waals surface area (Å²) >= 11 is 0. The van der Waals surface area contributed by atoms with Crippen LogP contribution in [-0.2, 0) is 14.3 Å². The number of carbonyl (C=O) groups excluding carboxylic acids is 1. The predicted octanol–water partition coefficient (Wildman–Crippen LogP) is 1.79. The Morgan fingerprint density at radius 3 is 2.71 bits per heavy atom. The molecule has 80 valence electrons. The summed E-state index contributed by atoms with van der Waals surface area (Å²) < 4.78 is 45.8. The minimum absolute atomic E-state index is 0.0246. The van der Waals surface area contributed by atoms with E-state index >= 15 is 0 Å². The third-order valence-electron chi connectivity index (χ3n) is 1.68. The van der Waals surface area contributed by atoms with Gasteiger partial charge in [0, 0.05) is 6.42 Å². The quantitative estimate of drug-likeness (QED) is 0.652. The van der Waals surface area contributed by atoms with Gasteiger partial charge in [-0.1, -0.05) is 0 Å². The van der Waals surface area contributed by atoms with Crippen molar-refractivity contribution in [3.63, 3.8) is 0 Å². The summed E-state index contributed by atoms with van der Waals surface area (Å²) in [4.78, 5) is 11.0. The zero-order valence-electron chi connectivity index (χ0n) is 7.48. The van der Waals surface area contributed by atoms with Gasteiger partial charge in [-0.2, -0.15) is 13.2 Å². The van der Waals surface area contributed by atoms with Crippen LogP contribution in [0.1, 0.15) is 13.3 Å². The summed E-state index contributed by atoms with van der Waals surface area (Å²) in [6.07, 6.45) is -4.81. The fourth-order valence-electron chi connectivity index (χ4n) is 1.11. The van der Waals surface area contributed by atoms with Gasteiger partial charge in [-0.3, -0.25) is 0 Å². The number of carbonyl (C=O) groups is 1. The first-order valence-electron chi connectivity index (χ1n) is 4.07. The van der Waals surface area contributed by atoms with E-state index < -0.39 is 23.5 Å². The van der Waals surface area contributed by atoms with Crippen molar-refractivity contribution in [1.29, 1.82) is 0 Å². The second-order valence-corrected chi connectivity index (χ2v) is 2.62. The number of ether oxygens (including phenoxy) is 2. The summed E-state index contributed by atoms with van der Waals surface area (Å²) in [6.45, 7) is 1.42. The average molecular weight is 210 g/mol. The van der Waals surface area contributed by atoms with Gasteiger partial charge < -0.3 is 9.47 Å². The van der Waals surface area contributed by atoms with Crippen molar-refractivity contribution in [3.8, 4) is 0 Å². The van der Waals surface area contributed by atoms with E-state index in [9.17, 15) is 18.0 Å². The Balaban J connectivity index is 2.88. The first-order chi connectivity index (χ1) is 6.46. The van der Waals surface area contributed by atoms with E-state index in [1.54, 1.807) is 0 Å². The first-order valence-corrected chi connectivity index (χ1v) is 4.07. The van der Waals surface area contributed by atoms with Gasteiger partial charge in [-0.05, 0) is 6.92 Å². The molecule has 0 atom stereocenters. The predicted molar refractivity (Wildman–Crippen MR) is 40.3 cm³/mol. The molecule has 0 aromatic rings. The van der Waals surface area contributed by atoms with Crippen LogP contribution in [0, 0.1) is 0 Å². The Kier molecular flexibility index (Phi) is 3.03. The topological polar surface area (TPSA) is 35.5 Å². The highest BCUT2D eigenvalue weighted by atomic mass is 19.4. The number of rotatable bonds is 2. The fraction of sp³-hybridized carbons (Fsp3) is 0.625. The zero-order chi connectivity index (χ0) is 10.8. The van der Waals surface area contributed by atoms with Crippen molar-refractivity contribution in [2.24, 2.45) is 0 Å². The van der Waals surface area contributed by atoms with Crippen LogP contribution in [-0.4, -0.2) is 25.4 Å². The fourth-order valence-corrected chi connectivity index (χ4v) is 1.11. The molecule has 3 nitrogen and oxygen atoms in total. The third-order valence-corrected chi connectivity index (χ3v) is 1.68. The molecule has 0 aliphatic carbocycles. The van der Waals surface area contributed by atoms with E-state index in [-0.39, 0.29) is 19.6 Å². The maximum atomic E-state index is 12.3. The number of hydrogen-bond acceptors (Lipinski definition) is 3. The SMILES string of the molecule is CCOC(=O)C1=C(C(F)(F)F)CCO1. The second kappa shape index (κ2) is 3.89. The maximum absolute atomic E-state index is 12.3. The molecule has 0 spiro atoms. The standard InChI is InChI=1S/C8H9F3O3/c1-2-13-7(12)6-5(3-4-14-6)8(9,10)11/h2-4H2,1H3. The summed E-state index contributed by atoms with van der Waals surface area (Å²) in [6, 6.07) is 0.